The van der Waals surface area contributed by atoms with E-state index in [0.29, 0.717) is 18.2 Å². The fourth-order valence-electron chi connectivity index (χ4n) is 2.38. The summed E-state index contributed by atoms with van der Waals surface area (Å²) in [6, 6.07) is 13.6. The van der Waals surface area contributed by atoms with E-state index in [1.165, 1.54) is 0 Å². The molecular weight excluding hydrogens is 322 g/mol. The molecule has 1 unspecified atom stereocenters. The number of pyridine rings is 1. The third-order valence-electron chi connectivity index (χ3n) is 3.70. The van der Waals surface area contributed by atoms with Crippen molar-refractivity contribution < 1.29 is 8.42 Å². The van der Waals surface area contributed by atoms with E-state index in [0.717, 1.165) is 23.2 Å². The molecule has 0 bridgehead atoms. The minimum absolute atomic E-state index is 0.0795. The topological polar surface area (TPSA) is 71.1 Å². The largest absolute Gasteiger partial charge is 0.305 e. The maximum Gasteiger partial charge on any atom is 0.229 e. The monoisotopic (exact) mass is 347 g/mol. The van der Waals surface area contributed by atoms with Gasteiger partial charge in [-0.15, -0.1) is 0 Å². The Bertz CT molecular complexity index is 788. The second-order valence-electron chi connectivity index (χ2n) is 6.31. The number of sulfonamides is 1. The molecule has 6 heteroatoms. The van der Waals surface area contributed by atoms with Gasteiger partial charge in [-0.05, 0) is 42.7 Å². The van der Waals surface area contributed by atoms with Crippen LogP contribution < -0.4 is 10.0 Å². The smallest absolute Gasteiger partial charge is 0.229 e. The zero-order valence-electron chi connectivity index (χ0n) is 14.6. The van der Waals surface area contributed by atoms with Crippen LogP contribution in [0.1, 0.15) is 49.7 Å². The van der Waals surface area contributed by atoms with Gasteiger partial charge in [0.1, 0.15) is 0 Å². The highest BCUT2D eigenvalue weighted by Crippen LogP contribution is 2.19. The van der Waals surface area contributed by atoms with Gasteiger partial charge in [-0.2, -0.15) is 0 Å². The van der Waals surface area contributed by atoms with E-state index >= 15 is 0 Å². The van der Waals surface area contributed by atoms with Crippen molar-refractivity contribution in [2.45, 2.75) is 39.3 Å². The van der Waals surface area contributed by atoms with Crippen molar-refractivity contribution in [3.8, 4) is 0 Å². The highest BCUT2D eigenvalue weighted by atomic mass is 32.2. The molecule has 2 N–H and O–H groups in total. The fourth-order valence-corrected chi connectivity index (χ4v) is 2.93. The average molecular weight is 347 g/mol. The Balaban J connectivity index is 2.03. The summed E-state index contributed by atoms with van der Waals surface area (Å²) in [6.45, 7) is 6.96. The molecule has 0 saturated heterocycles. The van der Waals surface area contributed by atoms with Gasteiger partial charge in [0.05, 0.1) is 11.9 Å². The summed E-state index contributed by atoms with van der Waals surface area (Å²) in [5, 5.41) is 3.43. The Morgan fingerprint density at radius 1 is 1.08 bits per heavy atom. The van der Waals surface area contributed by atoms with Gasteiger partial charge in [-0.25, -0.2) is 8.42 Å². The first-order chi connectivity index (χ1) is 11.2. The summed E-state index contributed by atoms with van der Waals surface area (Å²) < 4.78 is 25.2. The highest BCUT2D eigenvalue weighted by molar-refractivity contribution is 7.92. The van der Waals surface area contributed by atoms with Crippen LogP contribution in [-0.4, -0.2) is 19.7 Å². The molecule has 0 spiro atoms. The number of anilines is 1. The lowest BCUT2D eigenvalue weighted by atomic mass is 10.1. The van der Waals surface area contributed by atoms with Gasteiger partial charge < -0.3 is 5.32 Å². The number of hydrogen-bond acceptors (Lipinski definition) is 4. The predicted molar refractivity (Wildman–Crippen MR) is 98.5 cm³/mol. The zero-order chi connectivity index (χ0) is 17.7. The van der Waals surface area contributed by atoms with Gasteiger partial charge >= 0.3 is 0 Å². The van der Waals surface area contributed by atoms with E-state index in [9.17, 15) is 8.42 Å². The number of rotatable bonds is 7. The highest BCUT2D eigenvalue weighted by Gasteiger charge is 2.09. The quantitative estimate of drug-likeness (QED) is 0.805. The Morgan fingerprint density at radius 2 is 1.79 bits per heavy atom. The Kier molecular flexibility index (Phi) is 5.96. The van der Waals surface area contributed by atoms with Gasteiger partial charge in [0, 0.05) is 24.0 Å². The molecule has 0 saturated carbocycles. The van der Waals surface area contributed by atoms with Crippen LogP contribution in [0.5, 0.6) is 0 Å². The van der Waals surface area contributed by atoms with Gasteiger partial charge in [0.2, 0.25) is 10.0 Å². The van der Waals surface area contributed by atoms with Crippen molar-refractivity contribution in [3.63, 3.8) is 0 Å². The first kappa shape index (κ1) is 18.4. The molecule has 5 nitrogen and oxygen atoms in total. The van der Waals surface area contributed by atoms with E-state index in [1.54, 1.807) is 6.07 Å². The molecule has 0 aliphatic heterocycles. The summed E-state index contributed by atoms with van der Waals surface area (Å²) >= 11 is 0. The molecule has 2 aromatic rings. The van der Waals surface area contributed by atoms with Crippen molar-refractivity contribution in [3.05, 3.63) is 59.4 Å². The molecule has 1 atom stereocenters. The number of aromatic nitrogens is 1. The normalized spacial score (nSPS) is 13.0. The molecule has 0 aliphatic rings. The molecule has 130 valence electrons. The van der Waals surface area contributed by atoms with Crippen LogP contribution in [0.4, 0.5) is 5.69 Å². The van der Waals surface area contributed by atoms with Crippen LogP contribution in [0.25, 0.3) is 0 Å². The number of benzene rings is 1. The standard InChI is InChI=1S/C18H25N3O2S/c1-13(2)18-10-6-9-17(20-18)12-19-14(3)15-7-5-8-16(11-15)21-24(4,22)23/h5-11,13-14,19,21H,12H2,1-4H3. The van der Waals surface area contributed by atoms with Crippen molar-refractivity contribution in [1.82, 2.24) is 10.3 Å². The van der Waals surface area contributed by atoms with Crippen molar-refractivity contribution in [2.24, 2.45) is 0 Å². The van der Waals surface area contributed by atoms with Gasteiger partial charge in [-0.1, -0.05) is 32.0 Å². The second-order valence-corrected chi connectivity index (χ2v) is 8.06. The lowest BCUT2D eigenvalue weighted by molar-refractivity contribution is 0.566. The second kappa shape index (κ2) is 7.77. The number of hydrogen-bond donors (Lipinski definition) is 2. The maximum absolute atomic E-state index is 11.3. The molecule has 24 heavy (non-hydrogen) atoms. The van der Waals surface area contributed by atoms with Gasteiger partial charge in [0.25, 0.3) is 0 Å². The average Bonchev–Trinajstić information content (AvgIpc) is 2.51. The van der Waals surface area contributed by atoms with E-state index in [-0.39, 0.29) is 6.04 Å². The maximum atomic E-state index is 11.3. The van der Waals surface area contributed by atoms with Crippen LogP contribution >= 0.6 is 0 Å². The number of nitrogens with one attached hydrogen (secondary N) is 2. The molecule has 1 aromatic carbocycles. The van der Waals surface area contributed by atoms with E-state index < -0.39 is 10.0 Å². The summed E-state index contributed by atoms with van der Waals surface area (Å²) in [7, 11) is -3.27. The minimum Gasteiger partial charge on any atom is -0.305 e. The molecule has 1 aromatic heterocycles. The van der Waals surface area contributed by atoms with Crippen molar-refractivity contribution in [2.75, 3.05) is 11.0 Å². The molecule has 0 fully saturated rings. The lowest BCUT2D eigenvalue weighted by Gasteiger charge is -2.16. The molecule has 1 heterocycles. The third kappa shape index (κ3) is 5.62. The van der Waals surface area contributed by atoms with Gasteiger partial charge in [0.15, 0.2) is 0 Å². The zero-order valence-corrected chi connectivity index (χ0v) is 15.4. The third-order valence-corrected chi connectivity index (χ3v) is 4.31. The first-order valence-corrected chi connectivity index (χ1v) is 9.90. The fraction of sp³-hybridized carbons (Fsp3) is 0.389. The Hall–Kier alpha value is -1.92. The first-order valence-electron chi connectivity index (χ1n) is 8.01. The summed E-state index contributed by atoms with van der Waals surface area (Å²) in [4.78, 5) is 4.65. The van der Waals surface area contributed by atoms with Crippen LogP contribution in [0, 0.1) is 0 Å². The van der Waals surface area contributed by atoms with Crippen LogP contribution in [0.2, 0.25) is 0 Å². The number of nitrogens with zero attached hydrogens (tertiary/aromatic N) is 1. The van der Waals surface area contributed by atoms with Crippen LogP contribution in [0.15, 0.2) is 42.5 Å². The summed E-state index contributed by atoms with van der Waals surface area (Å²) in [6.07, 6.45) is 1.15. The molecular formula is C18H25N3O2S. The Morgan fingerprint density at radius 3 is 2.46 bits per heavy atom. The lowest BCUT2D eigenvalue weighted by Crippen LogP contribution is -2.19. The van der Waals surface area contributed by atoms with Crippen molar-refractivity contribution in [1.29, 1.82) is 0 Å². The molecule has 0 aliphatic carbocycles. The van der Waals surface area contributed by atoms with E-state index in [2.05, 4.69) is 28.9 Å². The Labute approximate surface area is 144 Å². The minimum atomic E-state index is -3.27. The molecule has 0 radical (unpaired) electrons. The van der Waals surface area contributed by atoms with E-state index in [4.69, 9.17) is 0 Å². The van der Waals surface area contributed by atoms with Crippen LogP contribution in [-0.2, 0) is 16.6 Å². The molecule has 0 amide bonds. The van der Waals surface area contributed by atoms with Gasteiger partial charge in [-0.3, -0.25) is 9.71 Å². The van der Waals surface area contributed by atoms with Crippen molar-refractivity contribution >= 4 is 15.7 Å². The SMILES string of the molecule is CC(C)c1cccc(CNC(C)c2cccc(NS(C)(=O)=O)c2)n1. The molecule has 2 rings (SSSR count). The summed E-state index contributed by atoms with van der Waals surface area (Å²) in [5.41, 5.74) is 3.67. The predicted octanol–water partition coefficient (Wildman–Crippen LogP) is 3.43. The van der Waals surface area contributed by atoms with E-state index in [1.807, 2.05) is 43.3 Å². The van der Waals surface area contributed by atoms with Crippen LogP contribution in [0.3, 0.4) is 0 Å². The summed E-state index contributed by atoms with van der Waals surface area (Å²) in [5.74, 6) is 0.404.